The highest BCUT2D eigenvalue weighted by Crippen LogP contribution is 2.07. The fraction of sp³-hybridized carbons (Fsp3) is 0.167. The molecule has 2 N–H and O–H groups in total. The number of urea groups is 1. The lowest BCUT2D eigenvalue weighted by Gasteiger charge is -2.04. The van der Waals surface area contributed by atoms with Crippen LogP contribution in [-0.2, 0) is 6.54 Å². The van der Waals surface area contributed by atoms with Gasteiger partial charge in [-0.1, -0.05) is 18.2 Å². The van der Waals surface area contributed by atoms with Crippen molar-refractivity contribution in [1.29, 1.82) is 0 Å². The molecule has 0 fully saturated rings. The smallest absolute Gasteiger partial charge is 0.308 e. The Balaban J connectivity index is 1.93. The molecule has 0 bridgehead atoms. The number of carbonyl (C=O) groups excluding carboxylic acids is 1. The molecule has 0 spiro atoms. The fourth-order valence-corrected chi connectivity index (χ4v) is 1.40. The van der Waals surface area contributed by atoms with Crippen molar-refractivity contribution in [2.45, 2.75) is 13.5 Å². The first-order valence-electron chi connectivity index (χ1n) is 5.44. The Kier molecular flexibility index (Phi) is 3.40. The van der Waals surface area contributed by atoms with Gasteiger partial charge in [-0.2, -0.15) is 5.10 Å². The number of carbonyl (C=O) groups is 1. The van der Waals surface area contributed by atoms with E-state index < -0.39 is 0 Å². The van der Waals surface area contributed by atoms with Crippen LogP contribution < -0.4 is 10.6 Å². The minimum atomic E-state index is -0.294. The van der Waals surface area contributed by atoms with Gasteiger partial charge in [0, 0.05) is 24.5 Å². The molecule has 0 radical (unpaired) electrons. The molecule has 88 valence electrons. The molecule has 0 atom stereocenters. The van der Waals surface area contributed by atoms with Gasteiger partial charge in [0.2, 0.25) is 0 Å². The van der Waals surface area contributed by atoms with E-state index in [2.05, 4.69) is 15.7 Å². The van der Waals surface area contributed by atoms with E-state index in [-0.39, 0.29) is 6.03 Å². The van der Waals surface area contributed by atoms with Gasteiger partial charge in [0.05, 0.1) is 0 Å². The van der Waals surface area contributed by atoms with E-state index in [4.69, 9.17) is 0 Å². The Morgan fingerprint density at radius 3 is 2.65 bits per heavy atom. The minimum Gasteiger partial charge on any atom is -0.308 e. The van der Waals surface area contributed by atoms with E-state index in [0.717, 1.165) is 12.2 Å². The number of hydrogen-bond acceptors (Lipinski definition) is 2. The third-order valence-corrected chi connectivity index (χ3v) is 2.24. The van der Waals surface area contributed by atoms with Gasteiger partial charge in [-0.05, 0) is 19.1 Å². The maximum absolute atomic E-state index is 11.6. The minimum absolute atomic E-state index is 0.294. The summed E-state index contributed by atoms with van der Waals surface area (Å²) in [5.74, 6) is 0.542. The van der Waals surface area contributed by atoms with Gasteiger partial charge in [-0.25, -0.2) is 4.79 Å². The van der Waals surface area contributed by atoms with Crippen LogP contribution in [0.3, 0.4) is 0 Å². The van der Waals surface area contributed by atoms with Crippen LogP contribution in [0.2, 0.25) is 0 Å². The van der Waals surface area contributed by atoms with Crippen LogP contribution >= 0.6 is 0 Å². The standard InChI is InChI=1S/C12H14N4O/c1-2-16-9-8-11(15-16)14-12(17)13-10-6-4-3-5-7-10/h3-9H,2H2,1H3,(H2,13,14,15,17). The largest absolute Gasteiger partial charge is 0.324 e. The Labute approximate surface area is 99.5 Å². The Bertz CT molecular complexity index is 492. The summed E-state index contributed by atoms with van der Waals surface area (Å²) in [4.78, 5) is 11.6. The number of anilines is 2. The molecule has 5 nitrogen and oxygen atoms in total. The molecule has 2 amide bonds. The SMILES string of the molecule is CCn1ccc(NC(=O)Nc2ccccc2)n1. The summed E-state index contributed by atoms with van der Waals surface area (Å²) < 4.78 is 1.75. The molecule has 0 unspecified atom stereocenters. The molecule has 5 heteroatoms. The summed E-state index contributed by atoms with van der Waals surface area (Å²) in [5, 5.41) is 9.54. The number of benzene rings is 1. The molecule has 2 rings (SSSR count). The first-order valence-corrected chi connectivity index (χ1v) is 5.44. The van der Waals surface area contributed by atoms with Crippen molar-refractivity contribution in [2.24, 2.45) is 0 Å². The van der Waals surface area contributed by atoms with Crippen LogP contribution in [0.4, 0.5) is 16.3 Å². The lowest BCUT2D eigenvalue weighted by atomic mass is 10.3. The summed E-state index contributed by atoms with van der Waals surface area (Å²) in [6, 6.07) is 10.7. The maximum atomic E-state index is 11.6. The highest BCUT2D eigenvalue weighted by Gasteiger charge is 2.04. The van der Waals surface area contributed by atoms with Gasteiger partial charge in [0.25, 0.3) is 0 Å². The molecule has 1 aromatic heterocycles. The normalized spacial score (nSPS) is 9.94. The van der Waals surface area contributed by atoms with E-state index in [9.17, 15) is 4.79 Å². The van der Waals surface area contributed by atoms with Crippen molar-refractivity contribution < 1.29 is 4.79 Å². The summed E-state index contributed by atoms with van der Waals surface area (Å²) in [7, 11) is 0. The first-order chi connectivity index (χ1) is 8.28. The third kappa shape index (κ3) is 3.07. The second kappa shape index (κ2) is 5.16. The van der Waals surface area contributed by atoms with Gasteiger partial charge in [-0.15, -0.1) is 0 Å². The van der Waals surface area contributed by atoms with E-state index in [1.807, 2.05) is 43.5 Å². The fourth-order valence-electron chi connectivity index (χ4n) is 1.40. The predicted octanol–water partition coefficient (Wildman–Crippen LogP) is 2.55. The van der Waals surface area contributed by atoms with Gasteiger partial charge >= 0.3 is 6.03 Å². The van der Waals surface area contributed by atoms with Crippen molar-refractivity contribution in [3.63, 3.8) is 0 Å². The highest BCUT2D eigenvalue weighted by atomic mass is 16.2. The van der Waals surface area contributed by atoms with E-state index >= 15 is 0 Å². The zero-order chi connectivity index (χ0) is 12.1. The zero-order valence-electron chi connectivity index (χ0n) is 9.55. The number of amides is 2. The Morgan fingerprint density at radius 1 is 1.24 bits per heavy atom. The molecule has 0 aliphatic heterocycles. The Hall–Kier alpha value is -2.30. The van der Waals surface area contributed by atoms with Crippen LogP contribution in [0.5, 0.6) is 0 Å². The van der Waals surface area contributed by atoms with Gasteiger partial charge < -0.3 is 5.32 Å². The molecule has 2 aromatic rings. The lowest BCUT2D eigenvalue weighted by Crippen LogP contribution is -2.19. The van der Waals surface area contributed by atoms with Gasteiger partial charge in [0.15, 0.2) is 5.82 Å². The molecule has 0 saturated carbocycles. The highest BCUT2D eigenvalue weighted by molar-refractivity contribution is 5.99. The summed E-state index contributed by atoms with van der Waals surface area (Å²) in [5.41, 5.74) is 0.750. The monoisotopic (exact) mass is 230 g/mol. The number of para-hydroxylation sites is 1. The van der Waals surface area contributed by atoms with Crippen molar-refractivity contribution >= 4 is 17.5 Å². The molecular weight excluding hydrogens is 216 g/mol. The number of rotatable bonds is 3. The quantitative estimate of drug-likeness (QED) is 0.851. The summed E-state index contributed by atoms with van der Waals surface area (Å²) in [6.45, 7) is 2.77. The topological polar surface area (TPSA) is 59.0 Å². The number of hydrogen-bond donors (Lipinski definition) is 2. The second-order valence-electron chi connectivity index (χ2n) is 3.50. The first kappa shape index (κ1) is 11.2. The zero-order valence-corrected chi connectivity index (χ0v) is 9.55. The average Bonchev–Trinajstić information content (AvgIpc) is 2.78. The average molecular weight is 230 g/mol. The molecule has 17 heavy (non-hydrogen) atoms. The molecule has 0 saturated heterocycles. The van der Waals surface area contributed by atoms with E-state index in [1.165, 1.54) is 0 Å². The molecular formula is C12H14N4O. The number of nitrogens with zero attached hydrogens (tertiary/aromatic N) is 2. The van der Waals surface area contributed by atoms with E-state index in [0.29, 0.717) is 5.82 Å². The Morgan fingerprint density at radius 2 is 2.00 bits per heavy atom. The van der Waals surface area contributed by atoms with Crippen LogP contribution in [0, 0.1) is 0 Å². The van der Waals surface area contributed by atoms with Gasteiger partial charge in [0.1, 0.15) is 0 Å². The van der Waals surface area contributed by atoms with Crippen molar-refractivity contribution in [2.75, 3.05) is 10.6 Å². The summed E-state index contributed by atoms with van der Waals surface area (Å²) in [6.07, 6.45) is 1.82. The van der Waals surface area contributed by atoms with Crippen molar-refractivity contribution in [3.05, 3.63) is 42.6 Å². The number of aryl methyl sites for hydroxylation is 1. The lowest BCUT2D eigenvalue weighted by molar-refractivity contribution is 0.262. The third-order valence-electron chi connectivity index (χ3n) is 2.24. The number of nitrogens with one attached hydrogen (secondary N) is 2. The molecule has 1 aromatic carbocycles. The van der Waals surface area contributed by atoms with E-state index in [1.54, 1.807) is 10.7 Å². The molecule has 0 aliphatic rings. The number of aromatic nitrogens is 2. The molecule has 1 heterocycles. The molecule has 0 aliphatic carbocycles. The van der Waals surface area contributed by atoms with Gasteiger partial charge in [-0.3, -0.25) is 10.00 Å². The summed E-state index contributed by atoms with van der Waals surface area (Å²) >= 11 is 0. The van der Waals surface area contributed by atoms with Crippen LogP contribution in [0.15, 0.2) is 42.6 Å². The van der Waals surface area contributed by atoms with Crippen molar-refractivity contribution in [1.82, 2.24) is 9.78 Å². The second-order valence-corrected chi connectivity index (χ2v) is 3.50. The van der Waals surface area contributed by atoms with Crippen LogP contribution in [-0.4, -0.2) is 15.8 Å². The predicted molar refractivity (Wildman–Crippen MR) is 67.0 cm³/mol. The maximum Gasteiger partial charge on any atom is 0.324 e. The van der Waals surface area contributed by atoms with Crippen LogP contribution in [0.1, 0.15) is 6.92 Å². The van der Waals surface area contributed by atoms with Crippen LogP contribution in [0.25, 0.3) is 0 Å². The van der Waals surface area contributed by atoms with Crippen molar-refractivity contribution in [3.8, 4) is 0 Å².